The summed E-state index contributed by atoms with van der Waals surface area (Å²) in [5.41, 5.74) is 0.883. The van der Waals surface area contributed by atoms with Crippen molar-refractivity contribution in [1.82, 2.24) is 4.31 Å². The van der Waals surface area contributed by atoms with Crippen LogP contribution in [0.4, 0.5) is 0 Å². The van der Waals surface area contributed by atoms with Gasteiger partial charge in [0.2, 0.25) is 10.0 Å². The maximum absolute atomic E-state index is 12.2. The van der Waals surface area contributed by atoms with E-state index >= 15 is 0 Å². The van der Waals surface area contributed by atoms with Crippen molar-refractivity contribution in [2.24, 2.45) is 0 Å². The van der Waals surface area contributed by atoms with Gasteiger partial charge in [0.1, 0.15) is 6.04 Å². The van der Waals surface area contributed by atoms with E-state index in [9.17, 15) is 18.3 Å². The highest BCUT2D eigenvalue weighted by Gasteiger charge is 2.45. The number of hydrogen-bond acceptors (Lipinski definition) is 3. The molecule has 1 saturated heterocycles. The second-order valence-electron chi connectivity index (χ2n) is 5.02. The predicted molar refractivity (Wildman–Crippen MR) is 76.0 cm³/mol. The molecule has 0 aliphatic carbocycles. The lowest BCUT2D eigenvalue weighted by atomic mass is 9.92. The summed E-state index contributed by atoms with van der Waals surface area (Å²) in [6.07, 6.45) is 1.03. The first-order chi connectivity index (χ1) is 9.47. The first kappa shape index (κ1) is 15.0. The van der Waals surface area contributed by atoms with E-state index in [1.54, 1.807) is 6.92 Å². The Morgan fingerprint density at radius 3 is 2.55 bits per heavy atom. The lowest BCUT2D eigenvalue weighted by Crippen LogP contribution is -2.43. The summed E-state index contributed by atoms with van der Waals surface area (Å²) in [5.74, 6) is -1.35. The molecule has 110 valence electrons. The summed E-state index contributed by atoms with van der Waals surface area (Å²) in [6, 6.07) is 8.27. The zero-order chi connectivity index (χ0) is 14.8. The van der Waals surface area contributed by atoms with Crippen LogP contribution < -0.4 is 0 Å². The van der Waals surface area contributed by atoms with Gasteiger partial charge in [0.15, 0.2) is 0 Å². The third kappa shape index (κ3) is 2.86. The molecule has 2 atom stereocenters. The highest BCUT2D eigenvalue weighted by molar-refractivity contribution is 7.89. The molecule has 0 amide bonds. The molecule has 0 saturated carbocycles. The highest BCUT2D eigenvalue weighted by Crippen LogP contribution is 2.35. The molecule has 0 spiro atoms. The van der Waals surface area contributed by atoms with Gasteiger partial charge in [-0.15, -0.1) is 0 Å². The number of aliphatic carboxylic acids is 1. The molecule has 0 bridgehead atoms. The Hall–Kier alpha value is -1.40. The fourth-order valence-electron chi connectivity index (χ4n) is 2.80. The van der Waals surface area contributed by atoms with Gasteiger partial charge in [0.05, 0.1) is 5.75 Å². The minimum Gasteiger partial charge on any atom is -0.480 e. The van der Waals surface area contributed by atoms with Crippen molar-refractivity contribution in [3.8, 4) is 0 Å². The van der Waals surface area contributed by atoms with Gasteiger partial charge in [0, 0.05) is 12.5 Å². The molecule has 2 rings (SSSR count). The van der Waals surface area contributed by atoms with E-state index in [2.05, 4.69) is 0 Å². The summed E-state index contributed by atoms with van der Waals surface area (Å²) in [5, 5.41) is 9.44. The molecule has 5 nitrogen and oxygen atoms in total. The van der Waals surface area contributed by atoms with Crippen molar-refractivity contribution in [3.63, 3.8) is 0 Å². The predicted octanol–water partition coefficient (Wildman–Crippen LogP) is 1.67. The Kier molecular flexibility index (Phi) is 4.45. The van der Waals surface area contributed by atoms with Crippen molar-refractivity contribution in [3.05, 3.63) is 35.9 Å². The largest absolute Gasteiger partial charge is 0.480 e. The van der Waals surface area contributed by atoms with Crippen LogP contribution in [0.1, 0.15) is 31.2 Å². The molecule has 1 aliphatic rings. The maximum atomic E-state index is 12.2. The molecule has 1 aromatic rings. The summed E-state index contributed by atoms with van der Waals surface area (Å²) < 4.78 is 25.5. The van der Waals surface area contributed by atoms with Crippen LogP contribution in [-0.2, 0) is 14.8 Å². The standard InChI is InChI=1S/C14H19NO4S/c1-2-10-20(18,19)15-9-8-12(13(15)14(16)17)11-6-4-3-5-7-11/h3-7,12-13H,2,8-10H2,1H3,(H,16,17). The van der Waals surface area contributed by atoms with Gasteiger partial charge in [-0.1, -0.05) is 37.3 Å². The molecule has 1 aliphatic heterocycles. The summed E-state index contributed by atoms with van der Waals surface area (Å²) >= 11 is 0. The second-order valence-corrected chi connectivity index (χ2v) is 7.06. The van der Waals surface area contributed by atoms with Crippen LogP contribution in [0.15, 0.2) is 30.3 Å². The van der Waals surface area contributed by atoms with Crippen LogP contribution in [0.2, 0.25) is 0 Å². The van der Waals surface area contributed by atoms with Crippen LogP contribution in [0.3, 0.4) is 0 Å². The lowest BCUT2D eigenvalue weighted by Gasteiger charge is -2.24. The number of hydrogen-bond donors (Lipinski definition) is 1. The number of sulfonamides is 1. The quantitative estimate of drug-likeness (QED) is 0.897. The number of rotatable bonds is 5. The normalized spacial score (nSPS) is 23.9. The third-order valence-electron chi connectivity index (χ3n) is 3.65. The molecule has 1 N–H and O–H groups in total. The number of carbonyl (C=O) groups is 1. The van der Waals surface area contributed by atoms with Gasteiger partial charge < -0.3 is 5.11 Å². The van der Waals surface area contributed by atoms with Crippen LogP contribution in [-0.4, -0.2) is 42.1 Å². The van der Waals surface area contributed by atoms with Crippen LogP contribution in [0, 0.1) is 0 Å². The van der Waals surface area contributed by atoms with Crippen LogP contribution in [0.25, 0.3) is 0 Å². The molecular weight excluding hydrogens is 278 g/mol. The van der Waals surface area contributed by atoms with E-state index in [1.165, 1.54) is 0 Å². The Balaban J connectivity index is 2.33. The van der Waals surface area contributed by atoms with Gasteiger partial charge in [-0.2, -0.15) is 4.31 Å². The summed E-state index contributed by atoms with van der Waals surface area (Å²) in [6.45, 7) is 2.05. The molecule has 20 heavy (non-hydrogen) atoms. The first-order valence-corrected chi connectivity index (χ1v) is 8.35. The van der Waals surface area contributed by atoms with E-state index < -0.39 is 22.0 Å². The molecule has 2 unspecified atom stereocenters. The van der Waals surface area contributed by atoms with Gasteiger partial charge in [-0.05, 0) is 18.4 Å². The minimum absolute atomic E-state index is 0.00170. The highest BCUT2D eigenvalue weighted by atomic mass is 32.2. The van der Waals surface area contributed by atoms with Gasteiger partial charge in [0.25, 0.3) is 0 Å². The number of nitrogens with zero attached hydrogens (tertiary/aromatic N) is 1. The molecule has 0 aromatic heterocycles. The Labute approximate surface area is 119 Å². The minimum atomic E-state index is -3.49. The second kappa shape index (κ2) is 5.93. The van der Waals surface area contributed by atoms with Crippen molar-refractivity contribution in [1.29, 1.82) is 0 Å². The van der Waals surface area contributed by atoms with E-state index in [1.807, 2.05) is 30.3 Å². The van der Waals surface area contributed by atoms with E-state index in [4.69, 9.17) is 0 Å². The fourth-order valence-corrected chi connectivity index (χ4v) is 4.51. The number of carboxylic acids is 1. The van der Waals surface area contributed by atoms with Crippen molar-refractivity contribution in [2.45, 2.75) is 31.7 Å². The molecule has 1 aromatic carbocycles. The van der Waals surface area contributed by atoms with Crippen LogP contribution in [0.5, 0.6) is 0 Å². The SMILES string of the molecule is CCCS(=O)(=O)N1CCC(c2ccccc2)C1C(=O)O. The zero-order valence-electron chi connectivity index (χ0n) is 11.4. The fraction of sp³-hybridized carbons (Fsp3) is 0.500. The smallest absolute Gasteiger partial charge is 0.322 e. The van der Waals surface area contributed by atoms with E-state index in [0.29, 0.717) is 12.8 Å². The Morgan fingerprint density at radius 2 is 2.00 bits per heavy atom. The summed E-state index contributed by atoms with van der Waals surface area (Å²) in [7, 11) is -3.49. The lowest BCUT2D eigenvalue weighted by molar-refractivity contribution is -0.141. The van der Waals surface area contributed by atoms with E-state index in [-0.39, 0.29) is 18.2 Å². The number of carboxylic acid groups (broad SMARTS) is 1. The third-order valence-corrected chi connectivity index (χ3v) is 5.70. The molecule has 1 heterocycles. The summed E-state index contributed by atoms with van der Waals surface area (Å²) in [4.78, 5) is 11.5. The number of benzene rings is 1. The average Bonchev–Trinajstić information content (AvgIpc) is 2.85. The molecule has 1 fully saturated rings. The van der Waals surface area contributed by atoms with Gasteiger partial charge >= 0.3 is 5.97 Å². The monoisotopic (exact) mass is 297 g/mol. The van der Waals surface area contributed by atoms with Crippen molar-refractivity contribution >= 4 is 16.0 Å². The maximum Gasteiger partial charge on any atom is 0.322 e. The van der Waals surface area contributed by atoms with Gasteiger partial charge in [-0.25, -0.2) is 8.42 Å². The average molecular weight is 297 g/mol. The topological polar surface area (TPSA) is 74.7 Å². The first-order valence-electron chi connectivity index (χ1n) is 6.74. The molecule has 6 heteroatoms. The Bertz CT molecular complexity index is 570. The van der Waals surface area contributed by atoms with Crippen molar-refractivity contribution in [2.75, 3.05) is 12.3 Å². The van der Waals surface area contributed by atoms with E-state index in [0.717, 1.165) is 9.87 Å². The zero-order valence-corrected chi connectivity index (χ0v) is 12.2. The van der Waals surface area contributed by atoms with Crippen molar-refractivity contribution < 1.29 is 18.3 Å². The Morgan fingerprint density at radius 1 is 1.35 bits per heavy atom. The van der Waals surface area contributed by atoms with Gasteiger partial charge in [-0.3, -0.25) is 4.79 Å². The van der Waals surface area contributed by atoms with Crippen LogP contribution >= 0.6 is 0 Å². The molecular formula is C14H19NO4S. The molecule has 0 radical (unpaired) electrons.